The molecular formula is C16H21N5O4S. The maximum absolute atomic E-state index is 12.9. The molecule has 1 saturated heterocycles. The summed E-state index contributed by atoms with van der Waals surface area (Å²) >= 11 is 0. The average Bonchev–Trinajstić information content (AvgIpc) is 2.64. The predicted molar refractivity (Wildman–Crippen MR) is 95.2 cm³/mol. The highest BCUT2D eigenvalue weighted by molar-refractivity contribution is 7.89. The summed E-state index contributed by atoms with van der Waals surface area (Å²) in [6, 6.07) is 5.69. The van der Waals surface area contributed by atoms with Crippen molar-refractivity contribution in [3.05, 3.63) is 57.1 Å². The zero-order valence-corrected chi connectivity index (χ0v) is 15.5. The van der Waals surface area contributed by atoms with E-state index in [0.29, 0.717) is 19.6 Å². The minimum atomic E-state index is -3.95. The fraction of sp³-hybridized carbons (Fsp3) is 0.438. The van der Waals surface area contributed by atoms with E-state index in [1.54, 1.807) is 6.20 Å². The van der Waals surface area contributed by atoms with Crippen molar-refractivity contribution in [3.8, 4) is 0 Å². The van der Waals surface area contributed by atoms with Crippen molar-refractivity contribution in [1.29, 1.82) is 0 Å². The van der Waals surface area contributed by atoms with Crippen LogP contribution in [0.15, 0.2) is 45.1 Å². The van der Waals surface area contributed by atoms with Gasteiger partial charge in [0.1, 0.15) is 0 Å². The molecule has 1 aliphatic rings. The van der Waals surface area contributed by atoms with Crippen LogP contribution in [0, 0.1) is 0 Å². The SMILES string of the molecule is Cn1cc(S(=O)(=O)N2CCN(Cc3ccccn3)CC2)c(=O)n(C)c1=O. The Hall–Kier alpha value is -2.30. The van der Waals surface area contributed by atoms with Crippen LogP contribution in [0.5, 0.6) is 0 Å². The summed E-state index contributed by atoms with van der Waals surface area (Å²) in [6.07, 6.45) is 2.83. The van der Waals surface area contributed by atoms with Crippen LogP contribution >= 0.6 is 0 Å². The molecule has 0 bridgehead atoms. The summed E-state index contributed by atoms with van der Waals surface area (Å²) in [6.45, 7) is 2.29. The Kier molecular flexibility index (Phi) is 5.08. The summed E-state index contributed by atoms with van der Waals surface area (Å²) in [5.41, 5.74) is -0.436. The number of aromatic nitrogens is 3. The molecule has 2 aromatic heterocycles. The van der Waals surface area contributed by atoms with Crippen LogP contribution in [-0.4, -0.2) is 57.9 Å². The van der Waals surface area contributed by atoms with Gasteiger partial charge in [0.05, 0.1) is 5.69 Å². The van der Waals surface area contributed by atoms with E-state index in [0.717, 1.165) is 21.0 Å². The lowest BCUT2D eigenvalue weighted by Crippen LogP contribution is -2.50. The van der Waals surface area contributed by atoms with Crippen molar-refractivity contribution < 1.29 is 8.42 Å². The quantitative estimate of drug-likeness (QED) is 0.675. The summed E-state index contributed by atoms with van der Waals surface area (Å²) in [5, 5.41) is 0. The van der Waals surface area contributed by atoms with E-state index in [9.17, 15) is 18.0 Å². The third-order valence-electron chi connectivity index (χ3n) is 4.48. The number of piperazine rings is 1. The Morgan fingerprint density at radius 2 is 1.77 bits per heavy atom. The number of rotatable bonds is 4. The maximum atomic E-state index is 12.9. The summed E-state index contributed by atoms with van der Waals surface area (Å²) in [4.78, 5) is 30.0. The third kappa shape index (κ3) is 3.48. The van der Waals surface area contributed by atoms with Gasteiger partial charge >= 0.3 is 5.69 Å². The number of sulfonamides is 1. The molecule has 0 aromatic carbocycles. The van der Waals surface area contributed by atoms with E-state index in [-0.39, 0.29) is 18.0 Å². The maximum Gasteiger partial charge on any atom is 0.330 e. The van der Waals surface area contributed by atoms with E-state index in [1.165, 1.54) is 18.4 Å². The second-order valence-corrected chi connectivity index (χ2v) is 8.16. The lowest BCUT2D eigenvalue weighted by Gasteiger charge is -2.33. The molecule has 0 atom stereocenters. The van der Waals surface area contributed by atoms with Gasteiger partial charge in [-0.25, -0.2) is 13.2 Å². The van der Waals surface area contributed by atoms with Crippen molar-refractivity contribution >= 4 is 10.0 Å². The Morgan fingerprint density at radius 3 is 2.38 bits per heavy atom. The van der Waals surface area contributed by atoms with Crippen molar-refractivity contribution in [3.63, 3.8) is 0 Å². The van der Waals surface area contributed by atoms with Crippen LogP contribution in [-0.2, 0) is 30.7 Å². The highest BCUT2D eigenvalue weighted by Gasteiger charge is 2.31. The number of hydrogen-bond acceptors (Lipinski definition) is 6. The van der Waals surface area contributed by atoms with Gasteiger partial charge in [-0.3, -0.25) is 19.2 Å². The first-order valence-corrected chi connectivity index (χ1v) is 9.64. The molecule has 26 heavy (non-hydrogen) atoms. The normalized spacial score (nSPS) is 16.7. The van der Waals surface area contributed by atoms with Crippen molar-refractivity contribution in [1.82, 2.24) is 23.3 Å². The highest BCUT2D eigenvalue weighted by atomic mass is 32.2. The molecule has 1 aliphatic heterocycles. The zero-order chi connectivity index (χ0) is 18.9. The second kappa shape index (κ2) is 7.14. The zero-order valence-electron chi connectivity index (χ0n) is 14.7. The minimum Gasteiger partial charge on any atom is -0.302 e. The fourth-order valence-corrected chi connectivity index (χ4v) is 4.51. The first kappa shape index (κ1) is 18.5. The van der Waals surface area contributed by atoms with Gasteiger partial charge in [0, 0.05) is 59.2 Å². The Bertz CT molecular complexity index is 1010. The largest absolute Gasteiger partial charge is 0.330 e. The Balaban J connectivity index is 1.77. The van der Waals surface area contributed by atoms with Gasteiger partial charge in [0.2, 0.25) is 10.0 Å². The monoisotopic (exact) mass is 379 g/mol. The first-order chi connectivity index (χ1) is 12.3. The Labute approximate surface area is 151 Å². The van der Waals surface area contributed by atoms with Crippen LogP contribution in [0.4, 0.5) is 0 Å². The van der Waals surface area contributed by atoms with Crippen molar-refractivity contribution in [2.45, 2.75) is 11.4 Å². The molecule has 10 heteroatoms. The highest BCUT2D eigenvalue weighted by Crippen LogP contribution is 2.15. The standard InChI is InChI=1S/C16H21N5O4S/c1-18-12-14(15(22)19(2)16(18)23)26(24,25)21-9-7-20(8-10-21)11-13-5-3-4-6-17-13/h3-6,12H,7-11H2,1-2H3. The molecule has 3 rings (SSSR count). The molecule has 0 radical (unpaired) electrons. The van der Waals surface area contributed by atoms with Gasteiger partial charge in [-0.2, -0.15) is 4.31 Å². The summed E-state index contributed by atoms with van der Waals surface area (Å²) in [5.74, 6) is 0. The van der Waals surface area contributed by atoms with Gasteiger partial charge in [-0.1, -0.05) is 6.07 Å². The fourth-order valence-electron chi connectivity index (χ4n) is 2.94. The van der Waals surface area contributed by atoms with E-state index in [2.05, 4.69) is 9.88 Å². The van der Waals surface area contributed by atoms with Crippen molar-refractivity contribution in [2.75, 3.05) is 26.2 Å². The van der Waals surface area contributed by atoms with Gasteiger partial charge < -0.3 is 4.57 Å². The summed E-state index contributed by atoms with van der Waals surface area (Å²) in [7, 11) is -1.26. The number of hydrogen-bond donors (Lipinski definition) is 0. The van der Waals surface area contributed by atoms with E-state index < -0.39 is 21.3 Å². The number of nitrogens with zero attached hydrogens (tertiary/aromatic N) is 5. The van der Waals surface area contributed by atoms with E-state index in [4.69, 9.17) is 0 Å². The molecule has 0 amide bonds. The van der Waals surface area contributed by atoms with Crippen LogP contribution in [0.3, 0.4) is 0 Å². The van der Waals surface area contributed by atoms with Gasteiger partial charge in [-0.05, 0) is 12.1 Å². The molecule has 1 fully saturated rings. The lowest BCUT2D eigenvalue weighted by molar-refractivity contribution is 0.180. The molecule has 0 N–H and O–H groups in total. The second-order valence-electron chi connectivity index (χ2n) is 6.25. The predicted octanol–water partition coefficient (Wildman–Crippen LogP) is -1.01. The smallest absolute Gasteiger partial charge is 0.302 e. The molecule has 140 valence electrons. The molecular weight excluding hydrogens is 358 g/mol. The first-order valence-electron chi connectivity index (χ1n) is 8.20. The van der Waals surface area contributed by atoms with E-state index in [1.807, 2.05) is 18.2 Å². The molecule has 0 spiro atoms. The summed E-state index contributed by atoms with van der Waals surface area (Å²) < 4.78 is 28.9. The van der Waals surface area contributed by atoms with Gasteiger partial charge in [0.15, 0.2) is 4.90 Å². The lowest BCUT2D eigenvalue weighted by atomic mass is 10.3. The molecule has 2 aromatic rings. The van der Waals surface area contributed by atoms with Gasteiger partial charge in [0.25, 0.3) is 5.56 Å². The Morgan fingerprint density at radius 1 is 1.08 bits per heavy atom. The van der Waals surface area contributed by atoms with Crippen LogP contribution < -0.4 is 11.2 Å². The van der Waals surface area contributed by atoms with Crippen LogP contribution in [0.25, 0.3) is 0 Å². The topological polar surface area (TPSA) is 97.5 Å². The number of pyridine rings is 1. The number of aryl methyl sites for hydroxylation is 1. The van der Waals surface area contributed by atoms with Crippen LogP contribution in [0.2, 0.25) is 0 Å². The van der Waals surface area contributed by atoms with Crippen molar-refractivity contribution in [2.24, 2.45) is 14.1 Å². The van der Waals surface area contributed by atoms with Crippen LogP contribution in [0.1, 0.15) is 5.69 Å². The van der Waals surface area contributed by atoms with Gasteiger partial charge in [-0.15, -0.1) is 0 Å². The molecule has 0 unspecified atom stereocenters. The molecule has 3 heterocycles. The third-order valence-corrected chi connectivity index (χ3v) is 6.36. The average molecular weight is 379 g/mol. The molecule has 0 saturated carbocycles. The molecule has 0 aliphatic carbocycles. The van der Waals surface area contributed by atoms with E-state index >= 15 is 0 Å². The molecule has 9 nitrogen and oxygen atoms in total. The minimum absolute atomic E-state index is 0.279.